The third kappa shape index (κ3) is 3.04. The number of carbonyl (C=O) groups excluding carboxylic acids is 2. The van der Waals surface area contributed by atoms with Crippen molar-refractivity contribution in [3.05, 3.63) is 0 Å². The van der Waals surface area contributed by atoms with Crippen molar-refractivity contribution in [2.24, 2.45) is 0 Å². The molecule has 1 saturated heterocycles. The molecule has 0 aromatic rings. The lowest BCUT2D eigenvalue weighted by molar-refractivity contribution is -0.142. The van der Waals surface area contributed by atoms with Crippen LogP contribution in [0.1, 0.15) is 32.6 Å². The first-order chi connectivity index (χ1) is 7.02. The van der Waals surface area contributed by atoms with E-state index in [-0.39, 0.29) is 30.6 Å². The monoisotopic (exact) mass is 213 g/mol. The molecule has 1 fully saturated rings. The zero-order valence-corrected chi connectivity index (χ0v) is 8.73. The molecule has 84 valence electrons. The van der Waals surface area contributed by atoms with E-state index >= 15 is 0 Å². The van der Waals surface area contributed by atoms with Gasteiger partial charge in [-0.1, -0.05) is 0 Å². The third-order valence-corrected chi connectivity index (χ3v) is 2.60. The summed E-state index contributed by atoms with van der Waals surface area (Å²) in [4.78, 5) is 34.6. The first-order valence-electron chi connectivity index (χ1n) is 5.04. The second-order valence-electron chi connectivity index (χ2n) is 3.75. The van der Waals surface area contributed by atoms with E-state index < -0.39 is 5.97 Å². The predicted octanol–water partition coefficient (Wildman–Crippen LogP) is 0.431. The van der Waals surface area contributed by atoms with Gasteiger partial charge >= 0.3 is 5.97 Å². The molecule has 1 heterocycles. The lowest BCUT2D eigenvalue weighted by atomic mass is 10.1. The van der Waals surface area contributed by atoms with E-state index in [0.29, 0.717) is 13.0 Å². The van der Waals surface area contributed by atoms with Crippen molar-refractivity contribution >= 4 is 17.7 Å². The maximum Gasteiger partial charge on any atom is 0.303 e. The Balaban J connectivity index is 2.51. The van der Waals surface area contributed by atoms with Gasteiger partial charge in [0.15, 0.2) is 5.78 Å². The van der Waals surface area contributed by atoms with Gasteiger partial charge in [-0.3, -0.25) is 14.4 Å². The minimum Gasteiger partial charge on any atom is -0.481 e. The number of hydrogen-bond acceptors (Lipinski definition) is 3. The van der Waals surface area contributed by atoms with Crippen LogP contribution >= 0.6 is 0 Å². The average molecular weight is 213 g/mol. The first-order valence-corrected chi connectivity index (χ1v) is 5.04. The van der Waals surface area contributed by atoms with Gasteiger partial charge in [0.1, 0.15) is 0 Å². The van der Waals surface area contributed by atoms with Crippen molar-refractivity contribution in [2.75, 3.05) is 6.54 Å². The zero-order valence-electron chi connectivity index (χ0n) is 8.73. The summed E-state index contributed by atoms with van der Waals surface area (Å²) in [6.45, 7) is 2.04. The summed E-state index contributed by atoms with van der Waals surface area (Å²) in [5.41, 5.74) is 0. The molecule has 0 saturated carbocycles. The number of carbonyl (C=O) groups is 3. The summed E-state index contributed by atoms with van der Waals surface area (Å²) < 4.78 is 0. The molecule has 5 heteroatoms. The van der Waals surface area contributed by atoms with Gasteiger partial charge in [-0.05, 0) is 19.8 Å². The first kappa shape index (κ1) is 11.7. The summed E-state index contributed by atoms with van der Waals surface area (Å²) in [5.74, 6) is -1.23. The lowest BCUT2D eigenvalue weighted by Crippen LogP contribution is -2.39. The van der Waals surface area contributed by atoms with Gasteiger partial charge in [0.25, 0.3) is 0 Å². The van der Waals surface area contributed by atoms with E-state index in [4.69, 9.17) is 5.11 Å². The van der Waals surface area contributed by atoms with Crippen molar-refractivity contribution in [2.45, 2.75) is 38.6 Å². The lowest BCUT2D eigenvalue weighted by Gasteiger charge is -2.22. The molecule has 0 unspecified atom stereocenters. The standard InChI is InChI=1S/C10H15NO4/c1-7(12)8-3-2-6-11(8)9(13)4-5-10(14)15/h8H,2-6H2,1H3,(H,14,15)/t8-/m1/s1. The van der Waals surface area contributed by atoms with Gasteiger partial charge in [-0.2, -0.15) is 0 Å². The van der Waals surface area contributed by atoms with Crippen LogP contribution in [0.2, 0.25) is 0 Å². The number of rotatable bonds is 4. The minimum atomic E-state index is -0.984. The number of carboxylic acid groups (broad SMARTS) is 1. The van der Waals surface area contributed by atoms with Gasteiger partial charge in [-0.25, -0.2) is 0 Å². The molecule has 0 aromatic carbocycles. The number of likely N-dealkylation sites (tertiary alicyclic amines) is 1. The molecule has 15 heavy (non-hydrogen) atoms. The van der Waals surface area contributed by atoms with Gasteiger partial charge in [0.2, 0.25) is 5.91 Å². The van der Waals surface area contributed by atoms with Crippen molar-refractivity contribution in [1.82, 2.24) is 4.90 Å². The molecule has 0 aliphatic carbocycles. The third-order valence-electron chi connectivity index (χ3n) is 2.60. The quantitative estimate of drug-likeness (QED) is 0.734. The SMILES string of the molecule is CC(=O)[C@H]1CCCN1C(=O)CCC(=O)O. The minimum absolute atomic E-state index is 0.0148. The van der Waals surface area contributed by atoms with Crippen LogP contribution in [0.3, 0.4) is 0 Å². The van der Waals surface area contributed by atoms with Crippen LogP contribution in [0.15, 0.2) is 0 Å². The molecule has 0 bridgehead atoms. The van der Waals surface area contributed by atoms with E-state index in [2.05, 4.69) is 0 Å². The fourth-order valence-corrected chi connectivity index (χ4v) is 1.85. The molecular weight excluding hydrogens is 198 g/mol. The van der Waals surface area contributed by atoms with Gasteiger partial charge < -0.3 is 10.0 Å². The second kappa shape index (κ2) is 4.91. The topological polar surface area (TPSA) is 74.7 Å². The summed E-state index contributed by atoms with van der Waals surface area (Å²) in [6.07, 6.45) is 1.34. The van der Waals surface area contributed by atoms with Crippen molar-refractivity contribution in [3.8, 4) is 0 Å². The Hall–Kier alpha value is -1.39. The molecule has 1 atom stereocenters. The molecule has 0 radical (unpaired) electrons. The zero-order chi connectivity index (χ0) is 11.4. The van der Waals surface area contributed by atoms with Crippen molar-refractivity contribution in [3.63, 3.8) is 0 Å². The summed E-state index contributed by atoms with van der Waals surface area (Å²) in [7, 11) is 0. The molecule has 1 aliphatic rings. The number of amides is 1. The Labute approximate surface area is 88.1 Å². The Morgan fingerprint density at radius 3 is 2.53 bits per heavy atom. The summed E-state index contributed by atoms with van der Waals surface area (Å²) in [5, 5.41) is 8.44. The van der Waals surface area contributed by atoms with E-state index in [1.54, 1.807) is 0 Å². The predicted molar refractivity (Wildman–Crippen MR) is 52.3 cm³/mol. The van der Waals surface area contributed by atoms with E-state index in [1.165, 1.54) is 11.8 Å². The van der Waals surface area contributed by atoms with Crippen LogP contribution in [0.5, 0.6) is 0 Å². The highest BCUT2D eigenvalue weighted by Crippen LogP contribution is 2.19. The van der Waals surface area contributed by atoms with Crippen LogP contribution in [0, 0.1) is 0 Å². The molecule has 1 N–H and O–H groups in total. The van der Waals surface area contributed by atoms with Crippen LogP contribution in [-0.2, 0) is 14.4 Å². The van der Waals surface area contributed by atoms with Crippen LogP contribution < -0.4 is 0 Å². The number of hydrogen-bond donors (Lipinski definition) is 1. The fourth-order valence-electron chi connectivity index (χ4n) is 1.85. The van der Waals surface area contributed by atoms with Crippen molar-refractivity contribution in [1.29, 1.82) is 0 Å². The summed E-state index contributed by atoms with van der Waals surface area (Å²) in [6, 6.07) is -0.328. The molecule has 0 aromatic heterocycles. The molecular formula is C10H15NO4. The number of carboxylic acids is 1. The Morgan fingerprint density at radius 2 is 2.00 bits per heavy atom. The molecule has 5 nitrogen and oxygen atoms in total. The maximum atomic E-state index is 11.6. The Morgan fingerprint density at radius 1 is 1.33 bits per heavy atom. The highest BCUT2D eigenvalue weighted by atomic mass is 16.4. The van der Waals surface area contributed by atoms with Crippen molar-refractivity contribution < 1.29 is 19.5 Å². The second-order valence-corrected chi connectivity index (χ2v) is 3.75. The maximum absolute atomic E-state index is 11.6. The summed E-state index contributed by atoms with van der Waals surface area (Å²) >= 11 is 0. The molecule has 0 spiro atoms. The van der Waals surface area contributed by atoms with E-state index in [1.807, 2.05) is 0 Å². The smallest absolute Gasteiger partial charge is 0.303 e. The molecule has 1 amide bonds. The van der Waals surface area contributed by atoms with E-state index in [9.17, 15) is 14.4 Å². The fraction of sp³-hybridized carbons (Fsp3) is 0.700. The van der Waals surface area contributed by atoms with Crippen LogP contribution in [-0.4, -0.2) is 40.3 Å². The van der Waals surface area contributed by atoms with E-state index in [0.717, 1.165) is 6.42 Å². The molecule has 1 rings (SSSR count). The van der Waals surface area contributed by atoms with Crippen LogP contribution in [0.4, 0.5) is 0 Å². The number of ketones is 1. The number of Topliss-reactive ketones (excluding diaryl/α,β-unsaturated/α-hetero) is 1. The Kier molecular flexibility index (Phi) is 3.82. The van der Waals surface area contributed by atoms with Gasteiger partial charge in [0.05, 0.1) is 12.5 Å². The average Bonchev–Trinajstić information content (AvgIpc) is 2.62. The number of aliphatic carboxylic acids is 1. The highest BCUT2D eigenvalue weighted by molar-refractivity contribution is 5.89. The number of nitrogens with zero attached hydrogens (tertiary/aromatic N) is 1. The molecule has 1 aliphatic heterocycles. The Bertz CT molecular complexity index is 287. The van der Waals surface area contributed by atoms with Gasteiger partial charge in [-0.15, -0.1) is 0 Å². The highest BCUT2D eigenvalue weighted by Gasteiger charge is 2.31. The normalized spacial score (nSPS) is 20.3. The largest absolute Gasteiger partial charge is 0.481 e. The van der Waals surface area contributed by atoms with Crippen LogP contribution in [0.25, 0.3) is 0 Å². The van der Waals surface area contributed by atoms with Gasteiger partial charge in [0, 0.05) is 13.0 Å².